The van der Waals surface area contributed by atoms with Crippen LogP contribution < -0.4 is 5.73 Å². The Morgan fingerprint density at radius 1 is 1.26 bits per heavy atom. The quantitative estimate of drug-likeness (QED) is 0.784. The summed E-state index contributed by atoms with van der Waals surface area (Å²) in [5.41, 5.74) is 7.62. The number of para-hydroxylation sites is 1. The molecule has 1 aromatic heterocycles. The van der Waals surface area contributed by atoms with E-state index in [0.29, 0.717) is 0 Å². The number of benzene rings is 1. The van der Waals surface area contributed by atoms with Gasteiger partial charge in [0.2, 0.25) is 0 Å². The normalized spacial score (nSPS) is 11.3. The zero-order valence-electron chi connectivity index (χ0n) is 11.5. The van der Waals surface area contributed by atoms with Gasteiger partial charge in [0.15, 0.2) is 0 Å². The first kappa shape index (κ1) is 14.4. The van der Waals surface area contributed by atoms with Gasteiger partial charge in [-0.3, -0.25) is 0 Å². The van der Waals surface area contributed by atoms with Crippen molar-refractivity contribution in [1.82, 2.24) is 9.55 Å². The van der Waals surface area contributed by atoms with E-state index in [1.54, 1.807) is 0 Å². The summed E-state index contributed by atoms with van der Waals surface area (Å²) in [7, 11) is 0. The number of hydrogen-bond donors (Lipinski definition) is 1. The summed E-state index contributed by atoms with van der Waals surface area (Å²) < 4.78 is 2.28. The van der Waals surface area contributed by atoms with E-state index in [-0.39, 0.29) is 0 Å². The molecule has 2 rings (SSSR count). The van der Waals surface area contributed by atoms with Crippen LogP contribution in [-0.2, 0) is 13.0 Å². The SMILES string of the molecule is CCCn1c(CCCCCN)nc2cccc(Cl)c21. The lowest BCUT2D eigenvalue weighted by atomic mass is 10.2. The van der Waals surface area contributed by atoms with Crippen LogP contribution in [0.15, 0.2) is 18.2 Å². The summed E-state index contributed by atoms with van der Waals surface area (Å²) in [6.45, 7) is 3.94. The number of aromatic nitrogens is 2. The number of nitrogens with two attached hydrogens (primary N) is 1. The average molecular weight is 280 g/mol. The van der Waals surface area contributed by atoms with Gasteiger partial charge in [-0.05, 0) is 37.9 Å². The number of rotatable bonds is 7. The van der Waals surface area contributed by atoms with Gasteiger partial charge in [0.05, 0.1) is 16.1 Å². The maximum atomic E-state index is 6.32. The molecule has 19 heavy (non-hydrogen) atoms. The second-order valence-corrected chi connectivity index (χ2v) is 5.29. The molecule has 0 saturated carbocycles. The molecule has 2 aromatic rings. The number of halogens is 1. The highest BCUT2D eigenvalue weighted by atomic mass is 35.5. The first-order chi connectivity index (χ1) is 9.27. The molecular formula is C15H22ClN3. The van der Waals surface area contributed by atoms with Crippen molar-refractivity contribution in [3.63, 3.8) is 0 Å². The van der Waals surface area contributed by atoms with Crippen molar-refractivity contribution >= 4 is 22.6 Å². The number of hydrogen-bond acceptors (Lipinski definition) is 2. The highest BCUT2D eigenvalue weighted by Gasteiger charge is 2.12. The minimum absolute atomic E-state index is 0.775. The molecule has 0 saturated heterocycles. The molecule has 0 bridgehead atoms. The molecule has 0 radical (unpaired) electrons. The minimum Gasteiger partial charge on any atom is -0.330 e. The van der Waals surface area contributed by atoms with Crippen molar-refractivity contribution in [3.05, 3.63) is 29.0 Å². The van der Waals surface area contributed by atoms with Gasteiger partial charge in [0.25, 0.3) is 0 Å². The first-order valence-corrected chi connectivity index (χ1v) is 7.49. The molecule has 1 heterocycles. The topological polar surface area (TPSA) is 43.8 Å². The van der Waals surface area contributed by atoms with Crippen molar-refractivity contribution in [2.24, 2.45) is 5.73 Å². The molecule has 0 aliphatic rings. The van der Waals surface area contributed by atoms with Gasteiger partial charge in [0.1, 0.15) is 5.82 Å². The molecule has 4 heteroatoms. The number of fused-ring (bicyclic) bond motifs is 1. The second kappa shape index (κ2) is 6.92. The average Bonchev–Trinajstić information content (AvgIpc) is 2.75. The number of imidazole rings is 1. The molecule has 1 aromatic carbocycles. The van der Waals surface area contributed by atoms with E-state index in [4.69, 9.17) is 22.3 Å². The fraction of sp³-hybridized carbons (Fsp3) is 0.533. The van der Waals surface area contributed by atoms with Gasteiger partial charge < -0.3 is 10.3 Å². The Balaban J connectivity index is 2.26. The van der Waals surface area contributed by atoms with Crippen molar-refractivity contribution in [2.45, 2.75) is 45.6 Å². The molecule has 2 N–H and O–H groups in total. The number of aryl methyl sites for hydroxylation is 2. The first-order valence-electron chi connectivity index (χ1n) is 7.11. The fourth-order valence-corrected chi connectivity index (χ4v) is 2.72. The third-order valence-electron chi connectivity index (χ3n) is 3.35. The van der Waals surface area contributed by atoms with Gasteiger partial charge in [-0.1, -0.05) is 31.0 Å². The molecule has 0 fully saturated rings. The standard InChI is InChI=1S/C15H22ClN3/c1-2-11-19-14(9-4-3-5-10-17)18-13-8-6-7-12(16)15(13)19/h6-8H,2-5,9-11,17H2,1H3. The van der Waals surface area contributed by atoms with E-state index in [1.807, 2.05) is 18.2 Å². The van der Waals surface area contributed by atoms with E-state index < -0.39 is 0 Å². The molecule has 0 amide bonds. The Hall–Kier alpha value is -1.06. The summed E-state index contributed by atoms with van der Waals surface area (Å²) in [5, 5.41) is 0.798. The minimum atomic E-state index is 0.775. The Morgan fingerprint density at radius 2 is 2.11 bits per heavy atom. The van der Waals surface area contributed by atoms with Crippen LogP contribution in [0.4, 0.5) is 0 Å². The fourth-order valence-electron chi connectivity index (χ4n) is 2.45. The highest BCUT2D eigenvalue weighted by Crippen LogP contribution is 2.25. The van der Waals surface area contributed by atoms with Gasteiger partial charge in [-0.2, -0.15) is 0 Å². The molecule has 0 aliphatic heterocycles. The maximum absolute atomic E-state index is 6.32. The smallest absolute Gasteiger partial charge is 0.109 e. The van der Waals surface area contributed by atoms with E-state index >= 15 is 0 Å². The number of unbranched alkanes of at least 4 members (excludes halogenated alkanes) is 2. The van der Waals surface area contributed by atoms with Crippen molar-refractivity contribution in [1.29, 1.82) is 0 Å². The summed E-state index contributed by atoms with van der Waals surface area (Å²) in [5.74, 6) is 1.15. The largest absolute Gasteiger partial charge is 0.330 e. The zero-order valence-corrected chi connectivity index (χ0v) is 12.3. The lowest BCUT2D eigenvalue weighted by Gasteiger charge is -2.08. The van der Waals surface area contributed by atoms with Crippen molar-refractivity contribution in [3.8, 4) is 0 Å². The Kier molecular flexibility index (Phi) is 5.23. The molecule has 3 nitrogen and oxygen atoms in total. The molecule has 0 atom stereocenters. The third-order valence-corrected chi connectivity index (χ3v) is 3.65. The van der Waals surface area contributed by atoms with Gasteiger partial charge in [-0.25, -0.2) is 4.98 Å². The van der Waals surface area contributed by atoms with Gasteiger partial charge >= 0.3 is 0 Å². The lowest BCUT2D eigenvalue weighted by Crippen LogP contribution is -2.04. The lowest BCUT2D eigenvalue weighted by molar-refractivity contribution is 0.614. The maximum Gasteiger partial charge on any atom is 0.109 e. The Labute approximate surface area is 119 Å². The van der Waals surface area contributed by atoms with Crippen molar-refractivity contribution in [2.75, 3.05) is 6.54 Å². The predicted octanol–water partition coefficient (Wildman–Crippen LogP) is 3.77. The van der Waals surface area contributed by atoms with Crippen LogP contribution in [-0.4, -0.2) is 16.1 Å². The number of nitrogens with zero attached hydrogens (tertiary/aromatic N) is 2. The van der Waals surface area contributed by atoms with Crippen LogP contribution >= 0.6 is 11.6 Å². The molecule has 0 aliphatic carbocycles. The molecule has 0 spiro atoms. The monoisotopic (exact) mass is 279 g/mol. The molecule has 0 unspecified atom stereocenters. The van der Waals surface area contributed by atoms with Gasteiger partial charge in [0, 0.05) is 13.0 Å². The van der Waals surface area contributed by atoms with Crippen LogP contribution in [0.25, 0.3) is 11.0 Å². The predicted molar refractivity (Wildman–Crippen MR) is 81.6 cm³/mol. The summed E-state index contributed by atoms with van der Waals surface area (Å²) in [6.07, 6.45) is 5.49. The van der Waals surface area contributed by atoms with Gasteiger partial charge in [-0.15, -0.1) is 0 Å². The third kappa shape index (κ3) is 3.28. The van der Waals surface area contributed by atoms with Crippen LogP contribution in [0.5, 0.6) is 0 Å². The zero-order chi connectivity index (χ0) is 13.7. The van der Waals surface area contributed by atoms with E-state index in [2.05, 4.69) is 11.5 Å². The molecular weight excluding hydrogens is 258 g/mol. The van der Waals surface area contributed by atoms with Crippen LogP contribution in [0.3, 0.4) is 0 Å². The van der Waals surface area contributed by atoms with Crippen LogP contribution in [0.1, 0.15) is 38.4 Å². The van der Waals surface area contributed by atoms with E-state index in [0.717, 1.165) is 60.7 Å². The summed E-state index contributed by atoms with van der Waals surface area (Å²) in [6, 6.07) is 5.94. The Bertz CT molecular complexity index is 533. The molecule has 104 valence electrons. The summed E-state index contributed by atoms with van der Waals surface area (Å²) >= 11 is 6.32. The Morgan fingerprint density at radius 3 is 2.84 bits per heavy atom. The van der Waals surface area contributed by atoms with E-state index in [9.17, 15) is 0 Å². The second-order valence-electron chi connectivity index (χ2n) is 4.89. The van der Waals surface area contributed by atoms with Crippen LogP contribution in [0.2, 0.25) is 5.02 Å². The van der Waals surface area contributed by atoms with Crippen LogP contribution in [0, 0.1) is 0 Å². The van der Waals surface area contributed by atoms with Crippen molar-refractivity contribution < 1.29 is 0 Å². The summed E-state index contributed by atoms with van der Waals surface area (Å²) in [4.78, 5) is 4.74. The van der Waals surface area contributed by atoms with E-state index in [1.165, 1.54) is 6.42 Å². The highest BCUT2D eigenvalue weighted by molar-refractivity contribution is 6.35.